The van der Waals surface area contributed by atoms with Crippen LogP contribution in [0.5, 0.6) is 11.5 Å². The maximum absolute atomic E-state index is 14.3. The predicted octanol–water partition coefficient (Wildman–Crippen LogP) is 8.98. The minimum Gasteiger partial charge on any atom is -0.490 e. The first-order valence-electron chi connectivity index (χ1n) is 21.4. The van der Waals surface area contributed by atoms with E-state index < -0.39 is 35.5 Å². The first kappa shape index (κ1) is 45.6. The van der Waals surface area contributed by atoms with Crippen LogP contribution in [-0.2, 0) is 9.53 Å². The summed E-state index contributed by atoms with van der Waals surface area (Å²) in [5.74, 6) is 0.214. The highest BCUT2D eigenvalue weighted by Crippen LogP contribution is 2.48. The summed E-state index contributed by atoms with van der Waals surface area (Å²) in [4.78, 5) is 20.9. The maximum Gasteiger partial charge on any atom is 0.323 e. The van der Waals surface area contributed by atoms with Crippen LogP contribution in [0.15, 0.2) is 48.5 Å². The van der Waals surface area contributed by atoms with Gasteiger partial charge in [0.15, 0.2) is 0 Å². The third kappa shape index (κ3) is 10.3. The standard InChI is InChI=1S/C46H58Cl4FN3O6/c1-28-38(10-8-36(47)42(28)49)59-34-14-18-52(19-15-34)26-30-12-22-54(23-13-30)44(45(56)58-3)41(32-4-6-33(51)7-5-32)46(57)25-31(24-40(46)55)27-53-20-16-35(17-21-53)60-39-11-9-37(48)43(50)29(39)2/h4-11,30-31,34-35,40-41,44,55,57H,12-27H2,1-3H3. The molecule has 3 aliphatic heterocycles. The predicted molar refractivity (Wildman–Crippen MR) is 236 cm³/mol. The van der Waals surface area contributed by atoms with Gasteiger partial charge in [-0.05, 0) is 132 Å². The summed E-state index contributed by atoms with van der Waals surface area (Å²) in [7, 11) is 1.37. The van der Waals surface area contributed by atoms with E-state index in [9.17, 15) is 19.4 Å². The fourth-order valence-corrected chi connectivity index (χ4v) is 10.9. The number of piperidine rings is 3. The molecule has 5 unspecified atom stereocenters. The number of benzene rings is 3. The van der Waals surface area contributed by atoms with Gasteiger partial charge in [-0.1, -0.05) is 58.5 Å². The lowest BCUT2D eigenvalue weighted by molar-refractivity contribution is -0.156. The minimum absolute atomic E-state index is 0.0191. The minimum atomic E-state index is -1.65. The number of hydrogen-bond acceptors (Lipinski definition) is 9. The lowest BCUT2D eigenvalue weighted by atomic mass is 9.73. The van der Waals surface area contributed by atoms with Gasteiger partial charge in [-0.3, -0.25) is 9.69 Å². The molecule has 60 heavy (non-hydrogen) atoms. The Morgan fingerprint density at radius 3 is 1.72 bits per heavy atom. The SMILES string of the molecule is COC(=O)C(C(c1ccc(F)cc1)C1(O)CC(CN2CCC(Oc3ccc(Cl)c(Cl)c3C)CC2)CC1O)N1CCC(CN2CCC(Oc3ccc(Cl)c(Cl)c3C)CC2)CC1. The molecule has 5 atom stereocenters. The zero-order chi connectivity index (χ0) is 42.7. The van der Waals surface area contributed by atoms with E-state index >= 15 is 0 Å². The largest absolute Gasteiger partial charge is 0.490 e. The number of hydrogen-bond donors (Lipinski definition) is 2. The van der Waals surface area contributed by atoms with Gasteiger partial charge in [-0.2, -0.15) is 0 Å². The van der Waals surface area contributed by atoms with Gasteiger partial charge in [0, 0.05) is 56.3 Å². The van der Waals surface area contributed by atoms with Crippen molar-refractivity contribution in [3.63, 3.8) is 0 Å². The maximum atomic E-state index is 14.3. The number of aliphatic hydroxyl groups is 2. The van der Waals surface area contributed by atoms with Crippen LogP contribution in [0.3, 0.4) is 0 Å². The third-order valence-electron chi connectivity index (χ3n) is 13.6. The molecule has 3 saturated heterocycles. The van der Waals surface area contributed by atoms with Crippen molar-refractivity contribution >= 4 is 52.4 Å². The van der Waals surface area contributed by atoms with E-state index in [0.29, 0.717) is 64.0 Å². The fourth-order valence-electron chi connectivity index (χ4n) is 10.2. The molecule has 1 aliphatic carbocycles. The average molecular weight is 910 g/mol. The Bertz CT molecular complexity index is 1940. The van der Waals surface area contributed by atoms with Gasteiger partial charge in [-0.25, -0.2) is 4.39 Å². The normalized spacial score (nSPS) is 25.3. The van der Waals surface area contributed by atoms with E-state index in [-0.39, 0.29) is 18.1 Å². The number of aliphatic hydroxyl groups excluding tert-OH is 1. The molecule has 3 heterocycles. The van der Waals surface area contributed by atoms with Gasteiger partial charge in [0.1, 0.15) is 35.6 Å². The molecule has 2 N–H and O–H groups in total. The third-order valence-corrected chi connectivity index (χ3v) is 15.4. The van der Waals surface area contributed by atoms with Gasteiger partial charge >= 0.3 is 5.97 Å². The van der Waals surface area contributed by atoms with Crippen LogP contribution in [0.1, 0.15) is 74.0 Å². The Balaban J connectivity index is 0.971. The summed E-state index contributed by atoms with van der Waals surface area (Å²) >= 11 is 25.1. The van der Waals surface area contributed by atoms with Gasteiger partial charge < -0.3 is 34.2 Å². The molecule has 328 valence electrons. The second-order valence-corrected chi connectivity index (χ2v) is 19.1. The van der Waals surface area contributed by atoms with Crippen LogP contribution in [0, 0.1) is 31.5 Å². The summed E-state index contributed by atoms with van der Waals surface area (Å²) in [6.45, 7) is 10.2. The number of halogens is 5. The molecule has 14 heteroatoms. The van der Waals surface area contributed by atoms with E-state index in [0.717, 1.165) is 93.9 Å². The van der Waals surface area contributed by atoms with Crippen LogP contribution < -0.4 is 9.47 Å². The van der Waals surface area contributed by atoms with Gasteiger partial charge in [-0.15, -0.1) is 0 Å². The summed E-state index contributed by atoms with van der Waals surface area (Å²) in [5.41, 5.74) is 0.641. The lowest BCUT2D eigenvalue weighted by Crippen LogP contribution is -2.58. The topological polar surface area (TPSA) is 94.9 Å². The van der Waals surface area contributed by atoms with Crippen molar-refractivity contribution in [1.29, 1.82) is 0 Å². The molecule has 0 bridgehead atoms. The molecule has 0 spiro atoms. The highest BCUT2D eigenvalue weighted by Gasteiger charge is 2.56. The van der Waals surface area contributed by atoms with E-state index in [1.165, 1.54) is 19.2 Å². The molecule has 4 aliphatic rings. The Kier molecular flexibility index (Phi) is 15.2. The van der Waals surface area contributed by atoms with Crippen LogP contribution in [-0.4, -0.2) is 120 Å². The average Bonchev–Trinajstić information content (AvgIpc) is 3.54. The second kappa shape index (κ2) is 20.0. The first-order chi connectivity index (χ1) is 28.7. The molecular weight excluding hydrogens is 851 g/mol. The van der Waals surface area contributed by atoms with Crippen molar-refractivity contribution in [1.82, 2.24) is 14.7 Å². The summed E-state index contributed by atoms with van der Waals surface area (Å²) in [6.07, 6.45) is 4.95. The van der Waals surface area contributed by atoms with Crippen LogP contribution in [0.25, 0.3) is 0 Å². The molecule has 3 aromatic carbocycles. The number of methoxy groups -OCH3 is 1. The molecule has 9 nitrogen and oxygen atoms in total. The van der Waals surface area contributed by atoms with E-state index in [1.54, 1.807) is 24.3 Å². The lowest BCUT2D eigenvalue weighted by Gasteiger charge is -2.46. The highest BCUT2D eigenvalue weighted by molar-refractivity contribution is 6.43. The van der Waals surface area contributed by atoms with Crippen LogP contribution >= 0.6 is 46.4 Å². The molecule has 7 rings (SSSR count). The summed E-state index contributed by atoms with van der Waals surface area (Å²) in [5, 5.41) is 26.6. The first-order valence-corrected chi connectivity index (χ1v) is 22.9. The van der Waals surface area contributed by atoms with Gasteiger partial charge in [0.05, 0.1) is 38.9 Å². The molecule has 4 fully saturated rings. The highest BCUT2D eigenvalue weighted by atomic mass is 35.5. The van der Waals surface area contributed by atoms with Crippen molar-refractivity contribution in [3.8, 4) is 11.5 Å². The van der Waals surface area contributed by atoms with Crippen molar-refractivity contribution in [3.05, 3.63) is 91.1 Å². The molecule has 0 aromatic heterocycles. The Morgan fingerprint density at radius 2 is 1.23 bits per heavy atom. The van der Waals surface area contributed by atoms with Crippen molar-refractivity contribution in [2.24, 2.45) is 11.8 Å². The quantitative estimate of drug-likeness (QED) is 0.163. The van der Waals surface area contributed by atoms with Crippen LogP contribution in [0.2, 0.25) is 20.1 Å². The number of likely N-dealkylation sites (tertiary alicyclic amines) is 3. The molecule has 3 aromatic rings. The number of ether oxygens (including phenoxy) is 3. The zero-order valence-electron chi connectivity index (χ0n) is 34.7. The van der Waals surface area contributed by atoms with Gasteiger partial charge in [0.2, 0.25) is 0 Å². The molecule has 0 radical (unpaired) electrons. The Morgan fingerprint density at radius 1 is 0.750 bits per heavy atom. The van der Waals surface area contributed by atoms with Gasteiger partial charge in [0.25, 0.3) is 0 Å². The monoisotopic (exact) mass is 907 g/mol. The second-order valence-electron chi connectivity index (χ2n) is 17.5. The van der Waals surface area contributed by atoms with Crippen molar-refractivity contribution in [2.75, 3.05) is 59.5 Å². The Labute approximate surface area is 373 Å². The molecule has 1 saturated carbocycles. The number of carbonyl (C=O) groups is 1. The number of nitrogens with zero attached hydrogens (tertiary/aromatic N) is 3. The number of rotatable bonds is 13. The molecular formula is C46H58Cl4FN3O6. The van der Waals surface area contributed by atoms with Crippen molar-refractivity contribution < 1.29 is 33.6 Å². The smallest absolute Gasteiger partial charge is 0.323 e. The van der Waals surface area contributed by atoms with E-state index in [1.807, 2.05) is 26.0 Å². The van der Waals surface area contributed by atoms with E-state index in [2.05, 4.69) is 14.7 Å². The zero-order valence-corrected chi connectivity index (χ0v) is 37.8. The number of carbonyl (C=O) groups excluding carboxylic acids is 1. The Hall–Kier alpha value is -2.38. The number of esters is 1. The molecule has 0 amide bonds. The van der Waals surface area contributed by atoms with Crippen LogP contribution in [0.4, 0.5) is 4.39 Å². The van der Waals surface area contributed by atoms with E-state index in [4.69, 9.17) is 60.6 Å². The fraction of sp³-hybridized carbons (Fsp3) is 0.587. The summed E-state index contributed by atoms with van der Waals surface area (Å²) in [6, 6.07) is 12.4. The van der Waals surface area contributed by atoms with Crippen molar-refractivity contribution in [2.45, 2.75) is 101 Å². The summed E-state index contributed by atoms with van der Waals surface area (Å²) < 4.78 is 32.5.